The van der Waals surface area contributed by atoms with Crippen LogP contribution in [-0.2, 0) is 9.53 Å². The number of nitrogens with one attached hydrogen (secondary N) is 2. The summed E-state index contributed by atoms with van der Waals surface area (Å²) < 4.78 is 9.89. The molecular formula is C11H16N2O4. The van der Waals surface area contributed by atoms with Gasteiger partial charge in [-0.05, 0) is 26.8 Å². The SMILES string of the molecule is CC(C)(C)OC(=O)NCC(=O)Nc1ccco1. The van der Waals surface area contributed by atoms with Crippen molar-refractivity contribution in [3.05, 3.63) is 18.4 Å². The van der Waals surface area contributed by atoms with Crippen molar-refractivity contribution in [2.45, 2.75) is 26.4 Å². The van der Waals surface area contributed by atoms with Crippen molar-refractivity contribution >= 4 is 17.9 Å². The number of ether oxygens (including phenoxy) is 1. The molecule has 0 radical (unpaired) electrons. The molecule has 0 bridgehead atoms. The fourth-order valence-electron chi connectivity index (χ4n) is 0.998. The van der Waals surface area contributed by atoms with Gasteiger partial charge < -0.3 is 14.5 Å². The van der Waals surface area contributed by atoms with Crippen molar-refractivity contribution in [1.29, 1.82) is 0 Å². The molecule has 2 amide bonds. The molecule has 6 heteroatoms. The fraction of sp³-hybridized carbons (Fsp3) is 0.455. The van der Waals surface area contributed by atoms with E-state index < -0.39 is 11.7 Å². The lowest BCUT2D eigenvalue weighted by atomic mass is 10.2. The van der Waals surface area contributed by atoms with Crippen molar-refractivity contribution in [3.63, 3.8) is 0 Å². The minimum absolute atomic E-state index is 0.171. The summed E-state index contributed by atoms with van der Waals surface area (Å²) in [5.41, 5.74) is -0.582. The highest BCUT2D eigenvalue weighted by Crippen LogP contribution is 2.07. The standard InChI is InChI=1S/C11H16N2O4/c1-11(2,3)17-10(15)12-7-8(14)13-9-5-4-6-16-9/h4-6H,7H2,1-3H3,(H,12,15)(H,13,14). The Morgan fingerprint density at radius 1 is 1.41 bits per heavy atom. The molecule has 0 aliphatic carbocycles. The van der Waals surface area contributed by atoms with E-state index >= 15 is 0 Å². The topological polar surface area (TPSA) is 80.6 Å². The number of alkyl carbamates (subject to hydrolysis) is 1. The van der Waals surface area contributed by atoms with Crippen molar-refractivity contribution in [1.82, 2.24) is 5.32 Å². The number of carbonyl (C=O) groups excluding carboxylic acids is 2. The van der Waals surface area contributed by atoms with E-state index in [1.807, 2.05) is 0 Å². The van der Waals surface area contributed by atoms with Gasteiger partial charge in [-0.15, -0.1) is 0 Å². The Morgan fingerprint density at radius 3 is 2.65 bits per heavy atom. The average Bonchev–Trinajstić information content (AvgIpc) is 2.64. The third-order valence-corrected chi connectivity index (χ3v) is 1.58. The predicted molar refractivity (Wildman–Crippen MR) is 61.6 cm³/mol. The molecule has 1 aromatic heterocycles. The largest absolute Gasteiger partial charge is 0.449 e. The van der Waals surface area contributed by atoms with Crippen molar-refractivity contribution in [2.24, 2.45) is 0 Å². The summed E-state index contributed by atoms with van der Waals surface area (Å²) in [6.45, 7) is 5.07. The first-order chi connectivity index (χ1) is 7.87. The van der Waals surface area contributed by atoms with Gasteiger partial charge in [0, 0.05) is 6.07 Å². The van der Waals surface area contributed by atoms with Gasteiger partial charge in [0.25, 0.3) is 0 Å². The van der Waals surface area contributed by atoms with Crippen LogP contribution in [0.1, 0.15) is 20.8 Å². The smallest absolute Gasteiger partial charge is 0.408 e. The second-order valence-corrected chi connectivity index (χ2v) is 4.38. The molecule has 0 saturated heterocycles. The first-order valence-corrected chi connectivity index (χ1v) is 5.17. The van der Waals surface area contributed by atoms with Gasteiger partial charge in [-0.3, -0.25) is 10.1 Å². The molecule has 2 N–H and O–H groups in total. The Labute approximate surface area is 99.3 Å². The zero-order chi connectivity index (χ0) is 12.9. The van der Waals surface area contributed by atoms with Crippen LogP contribution < -0.4 is 10.6 Å². The van der Waals surface area contributed by atoms with Crippen LogP contribution >= 0.6 is 0 Å². The number of hydrogen-bond donors (Lipinski definition) is 2. The normalized spacial score (nSPS) is 10.8. The van der Waals surface area contributed by atoms with E-state index in [1.54, 1.807) is 32.9 Å². The van der Waals surface area contributed by atoms with E-state index in [-0.39, 0.29) is 12.5 Å². The van der Waals surface area contributed by atoms with Gasteiger partial charge in [0.2, 0.25) is 5.91 Å². The molecule has 0 fully saturated rings. The van der Waals surface area contributed by atoms with E-state index in [9.17, 15) is 9.59 Å². The first-order valence-electron chi connectivity index (χ1n) is 5.17. The fourth-order valence-corrected chi connectivity index (χ4v) is 0.998. The molecular weight excluding hydrogens is 224 g/mol. The Balaban J connectivity index is 2.26. The maximum atomic E-state index is 11.3. The number of amides is 2. The second-order valence-electron chi connectivity index (χ2n) is 4.38. The number of carbonyl (C=O) groups is 2. The molecule has 0 unspecified atom stereocenters. The predicted octanol–water partition coefficient (Wildman–Crippen LogP) is 1.74. The van der Waals surface area contributed by atoms with Crippen LogP contribution in [0.2, 0.25) is 0 Å². The maximum Gasteiger partial charge on any atom is 0.408 e. The van der Waals surface area contributed by atoms with Crippen LogP contribution in [0.25, 0.3) is 0 Å². The molecule has 0 saturated carbocycles. The Kier molecular flexibility index (Phi) is 4.14. The monoisotopic (exact) mass is 240 g/mol. The van der Waals surface area contributed by atoms with Crippen molar-refractivity contribution < 1.29 is 18.7 Å². The first kappa shape index (κ1) is 13.1. The third kappa shape index (κ3) is 5.60. The molecule has 0 aliphatic heterocycles. The summed E-state index contributed by atoms with van der Waals surface area (Å²) in [6.07, 6.45) is 0.809. The minimum Gasteiger partial charge on any atom is -0.449 e. The maximum absolute atomic E-state index is 11.3. The van der Waals surface area contributed by atoms with Crippen LogP contribution in [0.15, 0.2) is 22.8 Å². The lowest BCUT2D eigenvalue weighted by Crippen LogP contribution is -2.37. The van der Waals surface area contributed by atoms with Gasteiger partial charge in [0.15, 0.2) is 5.88 Å². The van der Waals surface area contributed by atoms with Gasteiger partial charge in [0.1, 0.15) is 12.1 Å². The summed E-state index contributed by atoms with van der Waals surface area (Å²) in [5, 5.41) is 4.80. The highest BCUT2D eigenvalue weighted by molar-refractivity contribution is 5.92. The zero-order valence-corrected chi connectivity index (χ0v) is 10.1. The van der Waals surface area contributed by atoms with Crippen LogP contribution in [0.4, 0.5) is 10.7 Å². The van der Waals surface area contributed by atoms with Crippen LogP contribution in [0.3, 0.4) is 0 Å². The lowest BCUT2D eigenvalue weighted by molar-refractivity contribution is -0.115. The van der Waals surface area contributed by atoms with Gasteiger partial charge >= 0.3 is 6.09 Å². The highest BCUT2D eigenvalue weighted by Gasteiger charge is 2.16. The Morgan fingerprint density at radius 2 is 2.12 bits per heavy atom. The van der Waals surface area contributed by atoms with Crippen molar-refractivity contribution in [3.8, 4) is 0 Å². The Bertz CT molecular complexity index is 379. The van der Waals surface area contributed by atoms with Crippen LogP contribution in [-0.4, -0.2) is 24.1 Å². The molecule has 1 aromatic rings. The van der Waals surface area contributed by atoms with E-state index in [2.05, 4.69) is 10.6 Å². The average molecular weight is 240 g/mol. The Hall–Kier alpha value is -1.98. The van der Waals surface area contributed by atoms with E-state index in [0.717, 1.165) is 0 Å². The van der Waals surface area contributed by atoms with Gasteiger partial charge in [-0.25, -0.2) is 4.79 Å². The number of anilines is 1. The number of hydrogen-bond acceptors (Lipinski definition) is 4. The molecule has 0 spiro atoms. The zero-order valence-electron chi connectivity index (χ0n) is 10.1. The highest BCUT2D eigenvalue weighted by atomic mass is 16.6. The molecule has 94 valence electrons. The molecule has 1 heterocycles. The summed E-state index contributed by atoms with van der Waals surface area (Å²) in [4.78, 5) is 22.6. The van der Waals surface area contributed by atoms with Crippen molar-refractivity contribution in [2.75, 3.05) is 11.9 Å². The summed E-state index contributed by atoms with van der Waals surface area (Å²) in [6, 6.07) is 3.25. The molecule has 6 nitrogen and oxygen atoms in total. The third-order valence-electron chi connectivity index (χ3n) is 1.58. The molecule has 0 atom stereocenters. The molecule has 17 heavy (non-hydrogen) atoms. The molecule has 0 aromatic carbocycles. The van der Waals surface area contributed by atoms with Gasteiger partial charge in [-0.1, -0.05) is 0 Å². The van der Waals surface area contributed by atoms with Crippen LogP contribution in [0.5, 0.6) is 0 Å². The summed E-state index contributed by atoms with van der Waals surface area (Å²) >= 11 is 0. The molecule has 0 aliphatic rings. The number of furan rings is 1. The van der Waals surface area contributed by atoms with Gasteiger partial charge in [-0.2, -0.15) is 0 Å². The van der Waals surface area contributed by atoms with E-state index in [0.29, 0.717) is 5.88 Å². The van der Waals surface area contributed by atoms with Crippen LogP contribution in [0, 0.1) is 0 Å². The minimum atomic E-state index is -0.632. The van der Waals surface area contributed by atoms with Gasteiger partial charge in [0.05, 0.1) is 6.26 Å². The second kappa shape index (κ2) is 5.38. The lowest BCUT2D eigenvalue weighted by Gasteiger charge is -2.19. The number of rotatable bonds is 3. The van der Waals surface area contributed by atoms with E-state index in [1.165, 1.54) is 6.26 Å². The summed E-state index contributed by atoms with van der Waals surface area (Å²) in [5.74, 6) is -0.0493. The quantitative estimate of drug-likeness (QED) is 0.843. The van der Waals surface area contributed by atoms with E-state index in [4.69, 9.17) is 9.15 Å². The molecule has 1 rings (SSSR count). The summed E-state index contributed by atoms with van der Waals surface area (Å²) in [7, 11) is 0.